The van der Waals surface area contributed by atoms with E-state index in [1.165, 1.54) is 16.8 Å². The highest BCUT2D eigenvalue weighted by Crippen LogP contribution is 2.22. The summed E-state index contributed by atoms with van der Waals surface area (Å²) >= 11 is 0. The number of nitrogens with zero attached hydrogens (tertiary/aromatic N) is 6. The molecule has 13 nitrogen and oxygen atoms in total. The second-order valence-corrected chi connectivity index (χ2v) is 5.71. The average Bonchev–Trinajstić information content (AvgIpc) is 3.23. The van der Waals surface area contributed by atoms with Gasteiger partial charge in [0.15, 0.2) is 5.82 Å². The van der Waals surface area contributed by atoms with Gasteiger partial charge in [-0.25, -0.2) is 9.36 Å². The monoisotopic (exact) mass is 399 g/mol. The predicted octanol–water partition coefficient (Wildman–Crippen LogP) is 0.675. The van der Waals surface area contributed by atoms with Crippen LogP contribution in [0.1, 0.15) is 10.4 Å². The van der Waals surface area contributed by atoms with Crippen LogP contribution < -0.4 is 10.9 Å². The summed E-state index contributed by atoms with van der Waals surface area (Å²) < 4.78 is 2.57. The van der Waals surface area contributed by atoms with Crippen LogP contribution in [0.5, 0.6) is 0 Å². The number of benzene rings is 1. The zero-order valence-corrected chi connectivity index (χ0v) is 14.7. The lowest BCUT2D eigenvalue weighted by Crippen LogP contribution is -2.32. The minimum absolute atomic E-state index is 0.0106. The third kappa shape index (κ3) is 4.47. The Bertz CT molecular complexity index is 1110. The molecule has 1 N–H and O–H groups in total. The van der Waals surface area contributed by atoms with Crippen LogP contribution in [0.4, 0.5) is 11.4 Å². The van der Waals surface area contributed by atoms with Gasteiger partial charge in [-0.15, -0.1) is 5.10 Å². The van der Waals surface area contributed by atoms with Crippen molar-refractivity contribution in [2.75, 3.05) is 6.54 Å². The first-order valence-electron chi connectivity index (χ1n) is 8.15. The molecule has 0 saturated carbocycles. The molecule has 3 aromatic rings. The van der Waals surface area contributed by atoms with Gasteiger partial charge in [-0.05, 0) is 12.1 Å². The summed E-state index contributed by atoms with van der Waals surface area (Å²) in [4.78, 5) is 44.4. The molecule has 0 aliphatic carbocycles. The standard InChI is InChI=1S/C16H13N7O6/c24-15-3-2-14(20-6-1-4-18-20)19-21(15)7-5-17-16(25)11-8-12(22(26)27)10-13(9-11)23(28)29/h1-4,6,8-10H,5,7H2,(H,17,25). The van der Waals surface area contributed by atoms with E-state index in [-0.39, 0.29) is 18.7 Å². The summed E-state index contributed by atoms with van der Waals surface area (Å²) in [5.74, 6) is -0.358. The van der Waals surface area contributed by atoms with Crippen molar-refractivity contribution in [1.29, 1.82) is 0 Å². The Hall–Kier alpha value is -4.42. The van der Waals surface area contributed by atoms with Crippen molar-refractivity contribution in [3.8, 4) is 5.82 Å². The molecule has 2 heterocycles. The summed E-state index contributed by atoms with van der Waals surface area (Å²) in [6, 6.07) is 7.12. The van der Waals surface area contributed by atoms with Gasteiger partial charge in [0, 0.05) is 37.1 Å². The molecule has 0 unspecified atom stereocenters. The van der Waals surface area contributed by atoms with Gasteiger partial charge in [-0.2, -0.15) is 5.10 Å². The van der Waals surface area contributed by atoms with Crippen molar-refractivity contribution in [1.82, 2.24) is 24.9 Å². The quantitative estimate of drug-likeness (QED) is 0.447. The van der Waals surface area contributed by atoms with Gasteiger partial charge in [0.25, 0.3) is 22.8 Å². The maximum Gasteiger partial charge on any atom is 0.277 e. The topological polar surface area (TPSA) is 168 Å². The highest BCUT2D eigenvalue weighted by molar-refractivity contribution is 5.95. The summed E-state index contributed by atoms with van der Waals surface area (Å²) in [7, 11) is 0. The van der Waals surface area contributed by atoms with Crippen LogP contribution in [0.15, 0.2) is 53.6 Å². The lowest BCUT2D eigenvalue weighted by Gasteiger charge is -2.08. The molecule has 29 heavy (non-hydrogen) atoms. The normalized spacial score (nSPS) is 10.5. The lowest BCUT2D eigenvalue weighted by atomic mass is 10.1. The first kappa shape index (κ1) is 19.3. The fourth-order valence-corrected chi connectivity index (χ4v) is 2.44. The number of non-ortho nitro benzene ring substituents is 2. The fraction of sp³-hybridized carbons (Fsp3) is 0.125. The average molecular weight is 399 g/mol. The smallest absolute Gasteiger partial charge is 0.277 e. The molecule has 0 bridgehead atoms. The molecular weight excluding hydrogens is 386 g/mol. The summed E-state index contributed by atoms with van der Waals surface area (Å²) in [5.41, 5.74) is -1.79. The van der Waals surface area contributed by atoms with Crippen LogP contribution in [-0.2, 0) is 6.54 Å². The van der Waals surface area contributed by atoms with E-state index < -0.39 is 32.7 Å². The number of amides is 1. The van der Waals surface area contributed by atoms with Crippen molar-refractivity contribution in [3.05, 3.63) is 84.9 Å². The van der Waals surface area contributed by atoms with E-state index >= 15 is 0 Å². The van der Waals surface area contributed by atoms with E-state index in [0.717, 1.165) is 22.9 Å². The Kier molecular flexibility index (Phi) is 5.39. The van der Waals surface area contributed by atoms with Crippen LogP contribution in [-0.4, -0.2) is 41.9 Å². The molecule has 2 aromatic heterocycles. The van der Waals surface area contributed by atoms with Crippen LogP contribution in [0, 0.1) is 20.2 Å². The predicted molar refractivity (Wildman–Crippen MR) is 97.7 cm³/mol. The van der Waals surface area contributed by atoms with Crippen molar-refractivity contribution >= 4 is 17.3 Å². The third-order valence-corrected chi connectivity index (χ3v) is 3.79. The van der Waals surface area contributed by atoms with E-state index in [0.29, 0.717) is 5.82 Å². The Balaban J connectivity index is 1.72. The molecule has 1 aromatic carbocycles. The van der Waals surface area contributed by atoms with Gasteiger partial charge in [0.1, 0.15) is 0 Å². The Labute approximate surface area is 161 Å². The summed E-state index contributed by atoms with van der Waals surface area (Å²) in [6.07, 6.45) is 3.20. The third-order valence-electron chi connectivity index (χ3n) is 3.79. The Morgan fingerprint density at radius 2 is 1.79 bits per heavy atom. The zero-order chi connectivity index (χ0) is 21.0. The minimum atomic E-state index is -0.825. The zero-order valence-electron chi connectivity index (χ0n) is 14.7. The van der Waals surface area contributed by atoms with Gasteiger partial charge >= 0.3 is 0 Å². The molecule has 0 spiro atoms. The van der Waals surface area contributed by atoms with Gasteiger partial charge in [0.05, 0.1) is 28.0 Å². The molecular formula is C16H13N7O6. The van der Waals surface area contributed by atoms with Crippen molar-refractivity contribution in [3.63, 3.8) is 0 Å². The molecule has 0 aliphatic rings. The first-order valence-corrected chi connectivity index (χ1v) is 8.15. The molecule has 0 radical (unpaired) electrons. The summed E-state index contributed by atoms with van der Waals surface area (Å²) in [6.45, 7) is -0.0263. The van der Waals surface area contributed by atoms with Gasteiger partial charge < -0.3 is 5.32 Å². The van der Waals surface area contributed by atoms with Gasteiger partial charge in [-0.1, -0.05) is 0 Å². The van der Waals surface area contributed by atoms with E-state index in [4.69, 9.17) is 0 Å². The van der Waals surface area contributed by atoms with Crippen molar-refractivity contribution < 1.29 is 14.6 Å². The largest absolute Gasteiger partial charge is 0.350 e. The summed E-state index contributed by atoms with van der Waals surface area (Å²) in [5, 5.41) is 32.4. The molecule has 148 valence electrons. The highest BCUT2D eigenvalue weighted by Gasteiger charge is 2.19. The van der Waals surface area contributed by atoms with E-state index in [2.05, 4.69) is 15.5 Å². The SMILES string of the molecule is O=C(NCCn1nc(-n2cccn2)ccc1=O)c1cc([N+](=O)[O-])cc([N+](=O)[O-])c1. The molecule has 0 saturated heterocycles. The van der Waals surface area contributed by atoms with Gasteiger partial charge in [-0.3, -0.25) is 29.8 Å². The fourth-order valence-electron chi connectivity index (χ4n) is 2.44. The van der Waals surface area contributed by atoms with Crippen LogP contribution in [0.25, 0.3) is 5.82 Å². The number of nitrogens with one attached hydrogen (secondary N) is 1. The number of rotatable bonds is 7. The number of nitro groups is 2. The molecule has 0 aliphatic heterocycles. The number of hydrogen-bond acceptors (Lipinski definition) is 8. The number of hydrogen-bond donors (Lipinski definition) is 1. The molecule has 1 amide bonds. The van der Waals surface area contributed by atoms with Crippen molar-refractivity contribution in [2.24, 2.45) is 0 Å². The van der Waals surface area contributed by atoms with E-state index in [1.54, 1.807) is 18.5 Å². The molecule has 3 rings (SSSR count). The molecule has 0 fully saturated rings. The number of carbonyl (C=O) groups excluding carboxylic acids is 1. The molecule has 13 heteroatoms. The van der Waals surface area contributed by atoms with Crippen LogP contribution in [0.2, 0.25) is 0 Å². The van der Waals surface area contributed by atoms with Gasteiger partial charge in [0.2, 0.25) is 0 Å². The first-order chi connectivity index (χ1) is 13.8. The van der Waals surface area contributed by atoms with Crippen LogP contribution in [0.3, 0.4) is 0 Å². The number of carbonyl (C=O) groups is 1. The minimum Gasteiger partial charge on any atom is -0.350 e. The van der Waals surface area contributed by atoms with E-state index in [1.807, 2.05) is 0 Å². The maximum absolute atomic E-state index is 12.2. The maximum atomic E-state index is 12.2. The lowest BCUT2D eigenvalue weighted by molar-refractivity contribution is -0.394. The second-order valence-electron chi connectivity index (χ2n) is 5.71. The van der Waals surface area contributed by atoms with Crippen LogP contribution >= 0.6 is 0 Å². The number of nitro benzene ring substituents is 2. The van der Waals surface area contributed by atoms with Crippen molar-refractivity contribution in [2.45, 2.75) is 6.54 Å². The second kappa shape index (κ2) is 8.08. The molecule has 0 atom stereocenters. The van der Waals surface area contributed by atoms with E-state index in [9.17, 15) is 29.8 Å². The Morgan fingerprint density at radius 3 is 2.38 bits per heavy atom. The number of aromatic nitrogens is 4. The highest BCUT2D eigenvalue weighted by atomic mass is 16.6. The Morgan fingerprint density at radius 1 is 1.10 bits per heavy atom.